The summed E-state index contributed by atoms with van der Waals surface area (Å²) in [6, 6.07) is 8.82. The van der Waals surface area contributed by atoms with Crippen molar-refractivity contribution < 1.29 is 22.4 Å². The van der Waals surface area contributed by atoms with Crippen molar-refractivity contribution in [2.45, 2.75) is 33.4 Å². The second-order valence-corrected chi connectivity index (χ2v) is 11.1. The molecule has 0 radical (unpaired) electrons. The molecular formula is C23H28Cl2FN3O4S. The van der Waals surface area contributed by atoms with Gasteiger partial charge in [-0.2, -0.15) is 0 Å². The Balaban J connectivity index is 2.39. The van der Waals surface area contributed by atoms with Gasteiger partial charge in [-0.15, -0.1) is 0 Å². The number of rotatable bonds is 10. The molecule has 34 heavy (non-hydrogen) atoms. The molecule has 0 bridgehead atoms. The van der Waals surface area contributed by atoms with Crippen molar-refractivity contribution in [3.05, 3.63) is 63.9 Å². The van der Waals surface area contributed by atoms with E-state index in [-0.39, 0.29) is 23.2 Å². The number of carbonyl (C=O) groups is 2. The van der Waals surface area contributed by atoms with E-state index in [1.165, 1.54) is 23.1 Å². The number of sulfonamides is 1. The number of carbonyl (C=O) groups excluding carboxylic acids is 2. The average Bonchev–Trinajstić information content (AvgIpc) is 2.75. The summed E-state index contributed by atoms with van der Waals surface area (Å²) in [6.45, 7) is 5.20. The molecule has 2 amide bonds. The van der Waals surface area contributed by atoms with Crippen LogP contribution in [0.1, 0.15) is 26.3 Å². The first-order valence-corrected chi connectivity index (χ1v) is 13.1. The fraction of sp³-hybridized carbons (Fsp3) is 0.391. The van der Waals surface area contributed by atoms with Crippen LogP contribution in [0.25, 0.3) is 0 Å². The normalized spacial score (nSPS) is 12.4. The Bertz CT molecular complexity index is 1140. The lowest BCUT2D eigenvalue weighted by Gasteiger charge is -2.31. The summed E-state index contributed by atoms with van der Waals surface area (Å²) in [5.74, 6) is -1.48. The van der Waals surface area contributed by atoms with Gasteiger partial charge in [-0.05, 0) is 48.7 Å². The molecule has 0 heterocycles. The van der Waals surface area contributed by atoms with E-state index >= 15 is 0 Å². The van der Waals surface area contributed by atoms with Gasteiger partial charge in [-0.3, -0.25) is 13.9 Å². The van der Waals surface area contributed by atoms with Gasteiger partial charge in [0.2, 0.25) is 21.8 Å². The van der Waals surface area contributed by atoms with Crippen LogP contribution in [0.4, 0.5) is 10.1 Å². The summed E-state index contributed by atoms with van der Waals surface area (Å²) in [7, 11) is -3.94. The van der Waals surface area contributed by atoms with E-state index in [2.05, 4.69) is 5.32 Å². The van der Waals surface area contributed by atoms with E-state index in [9.17, 15) is 22.4 Å². The van der Waals surface area contributed by atoms with Crippen molar-refractivity contribution in [2.75, 3.05) is 23.7 Å². The van der Waals surface area contributed by atoms with Crippen molar-refractivity contribution in [3.8, 4) is 0 Å². The molecular weight excluding hydrogens is 504 g/mol. The lowest BCUT2D eigenvalue weighted by atomic mass is 10.1. The molecule has 0 saturated carbocycles. The highest BCUT2D eigenvalue weighted by molar-refractivity contribution is 7.92. The zero-order valence-corrected chi connectivity index (χ0v) is 21.7. The molecule has 0 fully saturated rings. The first-order chi connectivity index (χ1) is 15.8. The molecule has 186 valence electrons. The Morgan fingerprint density at radius 2 is 1.74 bits per heavy atom. The van der Waals surface area contributed by atoms with Crippen molar-refractivity contribution in [3.63, 3.8) is 0 Å². The van der Waals surface area contributed by atoms with Crippen molar-refractivity contribution >= 4 is 50.7 Å². The Labute approximate surface area is 209 Å². The summed E-state index contributed by atoms with van der Waals surface area (Å²) in [6.07, 6.45) is 0.924. The van der Waals surface area contributed by atoms with Crippen LogP contribution in [0.15, 0.2) is 42.5 Å². The standard InChI is InChI=1S/C23H28Cl2FN3O4S/c1-15(2)12-27-23(31)16(3)28(13-17-8-9-20(24)21(25)10-17)22(30)14-29(34(4,32)33)19-7-5-6-18(26)11-19/h5-11,15-16H,12-14H2,1-4H3,(H,27,31). The summed E-state index contributed by atoms with van der Waals surface area (Å²) < 4.78 is 39.5. The van der Waals surface area contributed by atoms with Gasteiger partial charge in [0.1, 0.15) is 18.4 Å². The molecule has 0 saturated heterocycles. The maximum atomic E-state index is 13.8. The van der Waals surface area contributed by atoms with E-state index in [0.717, 1.165) is 16.6 Å². The number of benzene rings is 2. The predicted molar refractivity (Wildman–Crippen MR) is 133 cm³/mol. The Kier molecular flexibility index (Phi) is 9.73. The molecule has 7 nitrogen and oxygen atoms in total. The fourth-order valence-electron chi connectivity index (χ4n) is 3.11. The maximum Gasteiger partial charge on any atom is 0.244 e. The fourth-order valence-corrected chi connectivity index (χ4v) is 4.28. The van der Waals surface area contributed by atoms with Gasteiger partial charge >= 0.3 is 0 Å². The first kappa shape index (κ1) is 27.9. The van der Waals surface area contributed by atoms with Gasteiger partial charge in [-0.1, -0.05) is 49.2 Å². The lowest BCUT2D eigenvalue weighted by Crippen LogP contribution is -2.51. The van der Waals surface area contributed by atoms with Crippen LogP contribution in [0.5, 0.6) is 0 Å². The first-order valence-electron chi connectivity index (χ1n) is 10.5. The quantitative estimate of drug-likeness (QED) is 0.500. The average molecular weight is 532 g/mol. The number of amides is 2. The van der Waals surface area contributed by atoms with Crippen molar-refractivity contribution in [1.29, 1.82) is 0 Å². The van der Waals surface area contributed by atoms with Gasteiger partial charge in [-0.25, -0.2) is 12.8 Å². The third-order valence-corrected chi connectivity index (χ3v) is 6.84. The van der Waals surface area contributed by atoms with E-state index in [4.69, 9.17) is 23.2 Å². The monoisotopic (exact) mass is 531 g/mol. The minimum Gasteiger partial charge on any atom is -0.354 e. The predicted octanol–water partition coefficient (Wildman–Crippen LogP) is 4.09. The van der Waals surface area contributed by atoms with Crippen molar-refractivity contribution in [2.24, 2.45) is 5.92 Å². The lowest BCUT2D eigenvalue weighted by molar-refractivity contribution is -0.139. The minimum atomic E-state index is -3.94. The number of hydrogen-bond donors (Lipinski definition) is 1. The van der Waals surface area contributed by atoms with Gasteiger partial charge in [0.25, 0.3) is 0 Å². The number of nitrogens with zero attached hydrogens (tertiary/aromatic N) is 2. The zero-order chi connectivity index (χ0) is 25.6. The summed E-state index contributed by atoms with van der Waals surface area (Å²) >= 11 is 12.1. The molecule has 2 aromatic rings. The Morgan fingerprint density at radius 1 is 1.06 bits per heavy atom. The highest BCUT2D eigenvalue weighted by atomic mass is 35.5. The maximum absolute atomic E-state index is 13.8. The smallest absolute Gasteiger partial charge is 0.244 e. The van der Waals surface area contributed by atoms with Crippen LogP contribution < -0.4 is 9.62 Å². The van der Waals surface area contributed by atoms with Gasteiger partial charge in [0.15, 0.2) is 0 Å². The zero-order valence-electron chi connectivity index (χ0n) is 19.4. The van der Waals surface area contributed by atoms with E-state index in [1.807, 2.05) is 13.8 Å². The Hall–Kier alpha value is -2.36. The summed E-state index contributed by atoms with van der Waals surface area (Å²) in [5, 5.41) is 3.40. The second-order valence-electron chi connectivity index (χ2n) is 8.33. The van der Waals surface area contributed by atoms with Gasteiger partial charge in [0, 0.05) is 13.1 Å². The number of hydrogen-bond acceptors (Lipinski definition) is 4. The van der Waals surface area contributed by atoms with E-state index in [0.29, 0.717) is 17.1 Å². The van der Waals surface area contributed by atoms with Crippen molar-refractivity contribution in [1.82, 2.24) is 10.2 Å². The van der Waals surface area contributed by atoms with E-state index in [1.54, 1.807) is 25.1 Å². The Morgan fingerprint density at radius 3 is 2.29 bits per heavy atom. The molecule has 2 rings (SSSR count). The van der Waals surface area contributed by atoms with E-state index < -0.39 is 40.2 Å². The number of anilines is 1. The van der Waals surface area contributed by atoms with Crippen LogP contribution in [0.3, 0.4) is 0 Å². The van der Waals surface area contributed by atoms with Gasteiger partial charge < -0.3 is 10.2 Å². The van der Waals surface area contributed by atoms with Crippen LogP contribution in [0.2, 0.25) is 10.0 Å². The third kappa shape index (κ3) is 7.85. The molecule has 0 aromatic heterocycles. The molecule has 0 aliphatic carbocycles. The highest BCUT2D eigenvalue weighted by Gasteiger charge is 2.30. The van der Waals surface area contributed by atoms with Crippen LogP contribution >= 0.6 is 23.2 Å². The summed E-state index contributed by atoms with van der Waals surface area (Å²) in [5.41, 5.74) is 0.602. The topological polar surface area (TPSA) is 86.8 Å². The summed E-state index contributed by atoms with van der Waals surface area (Å²) in [4.78, 5) is 27.4. The molecule has 1 unspecified atom stereocenters. The van der Waals surface area contributed by atoms with Crippen LogP contribution in [0, 0.1) is 11.7 Å². The third-order valence-electron chi connectivity index (χ3n) is 4.96. The highest BCUT2D eigenvalue weighted by Crippen LogP contribution is 2.24. The molecule has 1 N–H and O–H groups in total. The molecule has 0 aliphatic rings. The largest absolute Gasteiger partial charge is 0.354 e. The molecule has 0 spiro atoms. The number of nitrogens with one attached hydrogen (secondary N) is 1. The second kappa shape index (κ2) is 11.9. The molecule has 11 heteroatoms. The molecule has 0 aliphatic heterocycles. The van der Waals surface area contributed by atoms with Crippen LogP contribution in [-0.4, -0.2) is 50.5 Å². The SMILES string of the molecule is CC(C)CNC(=O)C(C)N(Cc1ccc(Cl)c(Cl)c1)C(=O)CN(c1cccc(F)c1)S(C)(=O)=O. The number of halogens is 3. The molecule has 1 atom stereocenters. The van der Waals surface area contributed by atoms with Gasteiger partial charge in [0.05, 0.1) is 22.0 Å². The molecule has 2 aromatic carbocycles. The van der Waals surface area contributed by atoms with Crippen LogP contribution in [-0.2, 0) is 26.2 Å². The minimum absolute atomic E-state index is 0.00208.